The second-order valence-corrected chi connectivity index (χ2v) is 6.41. The fraction of sp³-hybridized carbons (Fsp3) is 0.300. The normalized spacial score (nSPS) is 16.9. The van der Waals surface area contributed by atoms with Gasteiger partial charge in [0.2, 0.25) is 5.91 Å². The number of phenolic OH excluding ortho intramolecular Hbond substituents is 1. The Balaban J connectivity index is 1.47. The Morgan fingerprint density at radius 1 is 1.16 bits per heavy atom. The number of aromatic hydroxyl groups is 1. The zero-order valence-electron chi connectivity index (χ0n) is 14.0. The number of carbonyl (C=O) groups excluding carboxylic acids is 2. The topological polar surface area (TPSA) is 69.6 Å². The van der Waals surface area contributed by atoms with Gasteiger partial charge in [-0.2, -0.15) is 0 Å². The minimum atomic E-state index is -0.230. The third-order valence-corrected chi connectivity index (χ3v) is 4.47. The van der Waals surface area contributed by atoms with Gasteiger partial charge in [0.1, 0.15) is 5.75 Å². The summed E-state index contributed by atoms with van der Waals surface area (Å²) in [5.74, 6) is 0.110. The summed E-state index contributed by atoms with van der Waals surface area (Å²) in [6.07, 6.45) is 1.31. The zero-order valence-corrected chi connectivity index (χ0v) is 14.0. The fourth-order valence-corrected chi connectivity index (χ4v) is 3.10. The molecule has 25 heavy (non-hydrogen) atoms. The van der Waals surface area contributed by atoms with Crippen molar-refractivity contribution in [3.8, 4) is 5.75 Å². The molecule has 2 aromatic carbocycles. The molecule has 0 unspecified atom stereocenters. The van der Waals surface area contributed by atoms with Gasteiger partial charge in [-0.15, -0.1) is 0 Å². The van der Waals surface area contributed by atoms with Gasteiger partial charge in [0.15, 0.2) is 0 Å². The lowest BCUT2D eigenvalue weighted by Crippen LogP contribution is -2.32. The van der Waals surface area contributed by atoms with E-state index in [-0.39, 0.29) is 23.5 Å². The first-order valence-corrected chi connectivity index (χ1v) is 8.51. The Labute approximate surface area is 147 Å². The highest BCUT2D eigenvalue weighted by Crippen LogP contribution is 2.18. The second-order valence-electron chi connectivity index (χ2n) is 6.41. The third-order valence-electron chi connectivity index (χ3n) is 4.47. The average molecular weight is 338 g/mol. The van der Waals surface area contributed by atoms with Crippen LogP contribution in [-0.4, -0.2) is 41.5 Å². The molecule has 0 radical (unpaired) electrons. The standard InChI is InChI=1S/C20H22N2O3/c23-18-8-4-7-17(12-18)20(25)21-13-16-11-19(24)22(14-16)10-9-15-5-2-1-3-6-15/h1-8,12,16,23H,9-11,13-14H2,(H,21,25)/t16-/m1/s1. The number of hydrogen-bond donors (Lipinski definition) is 2. The first-order chi connectivity index (χ1) is 12.1. The summed E-state index contributed by atoms with van der Waals surface area (Å²) in [6, 6.07) is 16.4. The lowest BCUT2D eigenvalue weighted by Gasteiger charge is -2.17. The van der Waals surface area contributed by atoms with E-state index in [4.69, 9.17) is 0 Å². The Morgan fingerprint density at radius 2 is 1.96 bits per heavy atom. The van der Waals surface area contributed by atoms with Crippen LogP contribution < -0.4 is 5.32 Å². The summed E-state index contributed by atoms with van der Waals surface area (Å²) >= 11 is 0. The maximum atomic E-state index is 12.1. The maximum Gasteiger partial charge on any atom is 0.251 e. The minimum absolute atomic E-state index is 0.0655. The highest BCUT2D eigenvalue weighted by Gasteiger charge is 2.29. The second kappa shape index (κ2) is 7.83. The molecule has 0 aliphatic carbocycles. The molecule has 3 rings (SSSR count). The summed E-state index contributed by atoms with van der Waals surface area (Å²) in [5.41, 5.74) is 1.64. The molecule has 2 aromatic rings. The minimum Gasteiger partial charge on any atom is -0.508 e. The van der Waals surface area contributed by atoms with Crippen LogP contribution in [0.1, 0.15) is 22.3 Å². The first kappa shape index (κ1) is 17.0. The van der Waals surface area contributed by atoms with Crippen molar-refractivity contribution >= 4 is 11.8 Å². The van der Waals surface area contributed by atoms with Gasteiger partial charge in [-0.3, -0.25) is 9.59 Å². The third kappa shape index (κ3) is 4.59. The van der Waals surface area contributed by atoms with Gasteiger partial charge < -0.3 is 15.3 Å². The van der Waals surface area contributed by atoms with Crippen LogP contribution in [0.25, 0.3) is 0 Å². The molecule has 130 valence electrons. The van der Waals surface area contributed by atoms with Gasteiger partial charge in [0.05, 0.1) is 0 Å². The van der Waals surface area contributed by atoms with Crippen LogP contribution in [-0.2, 0) is 11.2 Å². The highest BCUT2D eigenvalue weighted by molar-refractivity contribution is 5.94. The number of nitrogens with one attached hydrogen (secondary N) is 1. The van der Waals surface area contributed by atoms with Crippen molar-refractivity contribution in [2.75, 3.05) is 19.6 Å². The Kier molecular flexibility index (Phi) is 5.33. The van der Waals surface area contributed by atoms with Crippen LogP contribution in [0.4, 0.5) is 0 Å². The number of likely N-dealkylation sites (tertiary alicyclic amines) is 1. The number of carbonyl (C=O) groups is 2. The number of benzene rings is 2. The number of hydrogen-bond acceptors (Lipinski definition) is 3. The van der Waals surface area contributed by atoms with Crippen molar-refractivity contribution in [3.05, 3.63) is 65.7 Å². The molecular formula is C20H22N2O3. The predicted octanol–water partition coefficient (Wildman–Crippen LogP) is 2.21. The van der Waals surface area contributed by atoms with E-state index in [2.05, 4.69) is 17.4 Å². The summed E-state index contributed by atoms with van der Waals surface area (Å²) in [6.45, 7) is 1.84. The van der Waals surface area contributed by atoms with Crippen LogP contribution in [0.2, 0.25) is 0 Å². The van der Waals surface area contributed by atoms with Gasteiger partial charge in [-0.1, -0.05) is 36.4 Å². The summed E-state index contributed by atoms with van der Waals surface area (Å²) < 4.78 is 0. The van der Waals surface area contributed by atoms with Gasteiger partial charge in [0, 0.05) is 37.5 Å². The summed E-state index contributed by atoms with van der Waals surface area (Å²) in [4.78, 5) is 26.1. The van der Waals surface area contributed by atoms with Crippen LogP contribution in [0.15, 0.2) is 54.6 Å². The predicted molar refractivity (Wildman–Crippen MR) is 95.3 cm³/mol. The molecular weight excluding hydrogens is 316 g/mol. The molecule has 1 aliphatic heterocycles. The van der Waals surface area contributed by atoms with Crippen molar-refractivity contribution < 1.29 is 14.7 Å². The van der Waals surface area contributed by atoms with Crippen molar-refractivity contribution in [1.29, 1.82) is 0 Å². The van der Waals surface area contributed by atoms with E-state index in [1.54, 1.807) is 12.1 Å². The van der Waals surface area contributed by atoms with Crippen molar-refractivity contribution in [1.82, 2.24) is 10.2 Å². The van der Waals surface area contributed by atoms with E-state index >= 15 is 0 Å². The molecule has 0 spiro atoms. The number of amides is 2. The Bertz CT molecular complexity index is 746. The summed E-state index contributed by atoms with van der Waals surface area (Å²) in [5, 5.41) is 12.3. The largest absolute Gasteiger partial charge is 0.508 e. The molecule has 1 aliphatic rings. The zero-order chi connectivity index (χ0) is 17.6. The number of rotatable bonds is 6. The quantitative estimate of drug-likeness (QED) is 0.848. The van der Waals surface area contributed by atoms with Crippen molar-refractivity contribution in [3.63, 3.8) is 0 Å². The van der Waals surface area contributed by atoms with Crippen molar-refractivity contribution in [2.24, 2.45) is 5.92 Å². The van der Waals surface area contributed by atoms with E-state index in [1.807, 2.05) is 23.1 Å². The Morgan fingerprint density at radius 3 is 2.72 bits per heavy atom. The molecule has 0 bridgehead atoms. The van der Waals surface area contributed by atoms with Gasteiger partial charge in [0.25, 0.3) is 5.91 Å². The smallest absolute Gasteiger partial charge is 0.251 e. The number of phenols is 1. The van der Waals surface area contributed by atoms with Crippen LogP contribution in [0, 0.1) is 5.92 Å². The monoisotopic (exact) mass is 338 g/mol. The van der Waals surface area contributed by atoms with Crippen LogP contribution in [0.3, 0.4) is 0 Å². The van der Waals surface area contributed by atoms with Gasteiger partial charge >= 0.3 is 0 Å². The van der Waals surface area contributed by atoms with E-state index in [0.717, 1.165) is 6.42 Å². The fourth-order valence-electron chi connectivity index (χ4n) is 3.10. The molecule has 0 aromatic heterocycles. The Hall–Kier alpha value is -2.82. The average Bonchev–Trinajstić information content (AvgIpc) is 2.98. The van der Waals surface area contributed by atoms with Crippen LogP contribution in [0.5, 0.6) is 5.75 Å². The summed E-state index contributed by atoms with van der Waals surface area (Å²) in [7, 11) is 0. The molecule has 1 heterocycles. The van der Waals surface area contributed by atoms with Crippen LogP contribution >= 0.6 is 0 Å². The van der Waals surface area contributed by atoms with E-state index in [1.165, 1.54) is 17.7 Å². The van der Waals surface area contributed by atoms with E-state index < -0.39 is 0 Å². The molecule has 1 saturated heterocycles. The molecule has 1 fully saturated rings. The molecule has 5 heteroatoms. The van der Waals surface area contributed by atoms with Gasteiger partial charge in [-0.25, -0.2) is 0 Å². The maximum absolute atomic E-state index is 12.1. The lowest BCUT2D eigenvalue weighted by molar-refractivity contribution is -0.127. The van der Waals surface area contributed by atoms with Gasteiger partial charge in [-0.05, 0) is 30.2 Å². The SMILES string of the molecule is O=C(NC[C@H]1CC(=O)N(CCc2ccccc2)C1)c1cccc(O)c1. The highest BCUT2D eigenvalue weighted by atomic mass is 16.3. The molecule has 5 nitrogen and oxygen atoms in total. The molecule has 0 saturated carbocycles. The van der Waals surface area contributed by atoms with E-state index in [0.29, 0.717) is 31.6 Å². The van der Waals surface area contributed by atoms with E-state index in [9.17, 15) is 14.7 Å². The lowest BCUT2D eigenvalue weighted by atomic mass is 10.1. The molecule has 1 atom stereocenters. The van der Waals surface area contributed by atoms with Crippen molar-refractivity contribution in [2.45, 2.75) is 12.8 Å². The molecule has 2 amide bonds. The number of nitrogens with zero attached hydrogens (tertiary/aromatic N) is 1. The molecule has 2 N–H and O–H groups in total. The first-order valence-electron chi connectivity index (χ1n) is 8.51.